The van der Waals surface area contributed by atoms with Gasteiger partial charge < -0.3 is 20.4 Å². The van der Waals surface area contributed by atoms with Crippen molar-refractivity contribution in [2.45, 2.75) is 32.2 Å². The quantitative estimate of drug-likeness (QED) is 0.275. The number of nitrogens with zero attached hydrogens (tertiary/aromatic N) is 4. The molecular formula is C28H33N5O2. The lowest BCUT2D eigenvalue weighted by atomic mass is 10.1. The number of amidine groups is 1. The van der Waals surface area contributed by atoms with E-state index in [2.05, 4.69) is 27.2 Å². The van der Waals surface area contributed by atoms with E-state index >= 15 is 0 Å². The maximum Gasteiger partial charge on any atom is 0.263 e. The number of carbonyl (C=O) groups is 1. The first-order valence-corrected chi connectivity index (χ1v) is 12.2. The van der Waals surface area contributed by atoms with Gasteiger partial charge in [0.15, 0.2) is 12.4 Å². The second kappa shape index (κ2) is 12.6. The molecule has 35 heavy (non-hydrogen) atoms. The van der Waals surface area contributed by atoms with Gasteiger partial charge in [0.2, 0.25) is 0 Å². The topological polar surface area (TPSA) is 84.0 Å². The van der Waals surface area contributed by atoms with Gasteiger partial charge in [0.1, 0.15) is 5.82 Å². The number of piperidine rings is 1. The van der Waals surface area contributed by atoms with Gasteiger partial charge in [-0.1, -0.05) is 65.8 Å². The standard InChI is InChI=1S/C28H33N5O2/c29-27(25-15-10-17-30-28(25)32-18-8-3-9-19-32)31-35-22-26(34)33(21-24-13-6-2-7-14-24)20-16-23-11-4-1-5-12-23/h1-2,4-7,10-15,17H,3,8-9,16,18-22H2,(H2,29,31). The minimum atomic E-state index is -0.179. The molecule has 7 heteroatoms. The Hall–Kier alpha value is -3.87. The molecule has 0 saturated carbocycles. The fourth-order valence-electron chi connectivity index (χ4n) is 4.26. The molecule has 2 aromatic carbocycles. The van der Waals surface area contributed by atoms with Gasteiger partial charge in [-0.3, -0.25) is 4.79 Å². The maximum absolute atomic E-state index is 13.1. The molecule has 4 rings (SSSR count). The SMILES string of the molecule is N/C(=N/OCC(=O)N(CCc1ccccc1)Cc1ccccc1)c1cccnc1N1CCCCC1. The van der Waals surface area contributed by atoms with E-state index in [1.165, 1.54) is 12.0 Å². The Morgan fingerprint density at radius 2 is 1.63 bits per heavy atom. The van der Waals surface area contributed by atoms with Crippen LogP contribution in [0.15, 0.2) is 84.1 Å². The number of hydrogen-bond acceptors (Lipinski definition) is 5. The zero-order valence-corrected chi connectivity index (χ0v) is 20.1. The van der Waals surface area contributed by atoms with Crippen molar-refractivity contribution in [2.75, 3.05) is 31.1 Å². The normalized spacial score (nSPS) is 13.9. The van der Waals surface area contributed by atoms with Gasteiger partial charge in [0, 0.05) is 32.4 Å². The van der Waals surface area contributed by atoms with Gasteiger partial charge in [0.05, 0.1) is 5.56 Å². The summed E-state index contributed by atoms with van der Waals surface area (Å²) in [5.41, 5.74) is 9.24. The van der Waals surface area contributed by atoms with E-state index in [1.54, 1.807) is 11.1 Å². The molecule has 7 nitrogen and oxygen atoms in total. The van der Waals surface area contributed by atoms with E-state index in [9.17, 15) is 4.79 Å². The van der Waals surface area contributed by atoms with Crippen LogP contribution in [0, 0.1) is 0 Å². The molecule has 0 spiro atoms. The summed E-state index contributed by atoms with van der Waals surface area (Å²) < 4.78 is 0. The average molecular weight is 472 g/mol. The highest BCUT2D eigenvalue weighted by Crippen LogP contribution is 2.21. The molecule has 0 unspecified atom stereocenters. The number of hydrogen-bond donors (Lipinski definition) is 1. The lowest BCUT2D eigenvalue weighted by Crippen LogP contribution is -2.35. The van der Waals surface area contributed by atoms with Crippen LogP contribution >= 0.6 is 0 Å². The van der Waals surface area contributed by atoms with Crippen LogP contribution in [0.5, 0.6) is 0 Å². The van der Waals surface area contributed by atoms with E-state index in [4.69, 9.17) is 10.6 Å². The predicted molar refractivity (Wildman–Crippen MR) is 139 cm³/mol. The number of pyridine rings is 1. The third-order valence-electron chi connectivity index (χ3n) is 6.15. The number of aromatic nitrogens is 1. The summed E-state index contributed by atoms with van der Waals surface area (Å²) in [5, 5.41) is 4.08. The highest BCUT2D eigenvalue weighted by atomic mass is 16.6. The minimum absolute atomic E-state index is 0.135. The van der Waals surface area contributed by atoms with E-state index in [1.807, 2.05) is 60.7 Å². The second-order valence-electron chi connectivity index (χ2n) is 8.71. The predicted octanol–water partition coefficient (Wildman–Crippen LogP) is 3.98. The summed E-state index contributed by atoms with van der Waals surface area (Å²) in [6, 6.07) is 23.8. The monoisotopic (exact) mass is 471 g/mol. The Bertz CT molecular complexity index is 1100. The highest BCUT2D eigenvalue weighted by Gasteiger charge is 2.18. The van der Waals surface area contributed by atoms with Crippen molar-refractivity contribution in [1.82, 2.24) is 9.88 Å². The molecule has 1 aliphatic heterocycles. The third kappa shape index (κ3) is 7.06. The van der Waals surface area contributed by atoms with Crippen LogP contribution in [0.3, 0.4) is 0 Å². The van der Waals surface area contributed by atoms with Gasteiger partial charge in [-0.15, -0.1) is 0 Å². The lowest BCUT2D eigenvalue weighted by molar-refractivity contribution is -0.136. The van der Waals surface area contributed by atoms with Gasteiger partial charge in [-0.05, 0) is 48.9 Å². The Balaban J connectivity index is 1.40. The van der Waals surface area contributed by atoms with Crippen molar-refractivity contribution in [3.8, 4) is 0 Å². The Kier molecular flexibility index (Phi) is 8.70. The number of rotatable bonds is 10. The van der Waals surface area contributed by atoms with Crippen LogP contribution in [0.1, 0.15) is 36.0 Å². The zero-order chi connectivity index (χ0) is 24.3. The number of oxime groups is 1. The smallest absolute Gasteiger partial charge is 0.263 e. The summed E-state index contributed by atoms with van der Waals surface area (Å²) in [5.74, 6) is 0.908. The Morgan fingerprint density at radius 3 is 2.34 bits per heavy atom. The van der Waals surface area contributed by atoms with Crippen molar-refractivity contribution >= 4 is 17.6 Å². The third-order valence-corrected chi connectivity index (χ3v) is 6.15. The van der Waals surface area contributed by atoms with Crippen LogP contribution in [0.4, 0.5) is 5.82 Å². The molecule has 1 aromatic heterocycles. The Morgan fingerprint density at radius 1 is 0.943 bits per heavy atom. The number of benzene rings is 2. The van der Waals surface area contributed by atoms with E-state index in [0.717, 1.165) is 49.3 Å². The summed E-state index contributed by atoms with van der Waals surface area (Å²) in [4.78, 5) is 27.1. The summed E-state index contributed by atoms with van der Waals surface area (Å²) in [6.45, 7) is 2.82. The minimum Gasteiger partial charge on any atom is -0.384 e. The summed E-state index contributed by atoms with van der Waals surface area (Å²) in [7, 11) is 0. The second-order valence-corrected chi connectivity index (χ2v) is 8.71. The molecule has 0 radical (unpaired) electrons. The van der Waals surface area contributed by atoms with Crippen molar-refractivity contribution in [1.29, 1.82) is 0 Å². The molecule has 3 aromatic rings. The zero-order valence-electron chi connectivity index (χ0n) is 20.1. The highest BCUT2D eigenvalue weighted by molar-refractivity contribution is 6.01. The largest absolute Gasteiger partial charge is 0.384 e. The van der Waals surface area contributed by atoms with Gasteiger partial charge >= 0.3 is 0 Å². The van der Waals surface area contributed by atoms with Crippen LogP contribution in [-0.2, 0) is 22.6 Å². The molecule has 0 bridgehead atoms. The van der Waals surface area contributed by atoms with Crippen molar-refractivity contribution < 1.29 is 9.63 Å². The van der Waals surface area contributed by atoms with Crippen molar-refractivity contribution in [3.05, 3.63) is 95.7 Å². The van der Waals surface area contributed by atoms with Crippen LogP contribution in [0.2, 0.25) is 0 Å². The molecule has 2 N–H and O–H groups in total. The van der Waals surface area contributed by atoms with Crippen LogP contribution < -0.4 is 10.6 Å². The first-order valence-electron chi connectivity index (χ1n) is 12.2. The van der Waals surface area contributed by atoms with Crippen molar-refractivity contribution in [2.24, 2.45) is 10.9 Å². The van der Waals surface area contributed by atoms with Crippen LogP contribution in [0.25, 0.3) is 0 Å². The fourth-order valence-corrected chi connectivity index (χ4v) is 4.26. The first kappa shape index (κ1) is 24.3. The molecule has 0 atom stereocenters. The first-order chi connectivity index (χ1) is 17.2. The van der Waals surface area contributed by atoms with E-state index in [0.29, 0.717) is 13.1 Å². The molecule has 1 fully saturated rings. The number of carbonyl (C=O) groups excluding carboxylic acids is 1. The molecule has 1 aliphatic rings. The Labute approximate surface area is 207 Å². The number of amides is 1. The van der Waals surface area contributed by atoms with Crippen molar-refractivity contribution in [3.63, 3.8) is 0 Å². The molecular weight excluding hydrogens is 438 g/mol. The summed E-state index contributed by atoms with van der Waals surface area (Å²) >= 11 is 0. The van der Waals surface area contributed by atoms with Crippen LogP contribution in [-0.4, -0.2) is 47.9 Å². The molecule has 182 valence electrons. The van der Waals surface area contributed by atoms with Gasteiger partial charge in [0.25, 0.3) is 5.91 Å². The average Bonchev–Trinajstić information content (AvgIpc) is 2.92. The van der Waals surface area contributed by atoms with Gasteiger partial charge in [-0.2, -0.15) is 0 Å². The molecule has 1 saturated heterocycles. The summed E-state index contributed by atoms with van der Waals surface area (Å²) in [6.07, 6.45) is 6.03. The van der Waals surface area contributed by atoms with Gasteiger partial charge in [-0.25, -0.2) is 4.98 Å². The fraction of sp³-hybridized carbons (Fsp3) is 0.321. The lowest BCUT2D eigenvalue weighted by Gasteiger charge is -2.29. The number of anilines is 1. The van der Waals surface area contributed by atoms with E-state index < -0.39 is 0 Å². The molecule has 2 heterocycles. The molecule has 0 aliphatic carbocycles. The maximum atomic E-state index is 13.1. The van der Waals surface area contributed by atoms with E-state index in [-0.39, 0.29) is 18.3 Å². The number of nitrogens with two attached hydrogens (primary N) is 1. The molecule has 1 amide bonds.